The smallest absolute Gasteiger partial charge is 0.252 e. The number of aryl methyl sites for hydroxylation is 2. The van der Waals surface area contributed by atoms with E-state index in [0.29, 0.717) is 5.56 Å². The van der Waals surface area contributed by atoms with E-state index in [-0.39, 0.29) is 17.7 Å². The molecule has 0 fully saturated rings. The number of rotatable bonds is 6. The van der Waals surface area contributed by atoms with E-state index in [4.69, 9.17) is 0 Å². The molecular formula is C29H29NO2. The third-order valence-electron chi connectivity index (χ3n) is 6.12. The highest BCUT2D eigenvalue weighted by Gasteiger charge is 2.22. The lowest BCUT2D eigenvalue weighted by molar-refractivity contribution is 0.0940. The molecule has 0 radical (unpaired) electrons. The van der Waals surface area contributed by atoms with E-state index in [0.717, 1.165) is 51.4 Å². The number of hydrogen-bond acceptors (Lipinski definition) is 2. The normalized spacial score (nSPS) is 12.0. The second kappa shape index (κ2) is 9.27. The van der Waals surface area contributed by atoms with Crippen LogP contribution in [0.15, 0.2) is 78.9 Å². The van der Waals surface area contributed by atoms with E-state index in [1.807, 2.05) is 79.7 Å². The van der Waals surface area contributed by atoms with Gasteiger partial charge in [0.25, 0.3) is 5.91 Å². The maximum Gasteiger partial charge on any atom is 0.252 e. The Hall–Kier alpha value is -3.59. The van der Waals surface area contributed by atoms with Gasteiger partial charge in [0.15, 0.2) is 0 Å². The molecule has 0 aliphatic carbocycles. The van der Waals surface area contributed by atoms with Crippen LogP contribution < -0.4 is 5.32 Å². The van der Waals surface area contributed by atoms with E-state index in [9.17, 15) is 9.90 Å². The van der Waals surface area contributed by atoms with Gasteiger partial charge in [0.05, 0.1) is 6.04 Å². The number of phenolic OH excluding ortho intramolecular Hbond substituents is 1. The Labute approximate surface area is 189 Å². The van der Waals surface area contributed by atoms with Gasteiger partial charge in [0.2, 0.25) is 0 Å². The predicted octanol–water partition coefficient (Wildman–Crippen LogP) is 6.83. The fraction of sp³-hybridized carbons (Fsp3) is 0.207. The van der Waals surface area contributed by atoms with Crippen molar-refractivity contribution in [3.63, 3.8) is 0 Å². The van der Waals surface area contributed by atoms with E-state index in [2.05, 4.69) is 25.2 Å². The molecule has 1 atom stereocenters. The molecule has 4 rings (SSSR count). The highest BCUT2D eigenvalue weighted by atomic mass is 16.3. The van der Waals surface area contributed by atoms with Gasteiger partial charge in [0, 0.05) is 16.7 Å². The summed E-state index contributed by atoms with van der Waals surface area (Å²) < 4.78 is 0. The zero-order chi connectivity index (χ0) is 22.7. The van der Waals surface area contributed by atoms with Gasteiger partial charge in [-0.3, -0.25) is 4.79 Å². The summed E-state index contributed by atoms with van der Waals surface area (Å²) in [4.78, 5) is 13.5. The monoisotopic (exact) mass is 423 g/mol. The van der Waals surface area contributed by atoms with Crippen LogP contribution in [0.1, 0.15) is 53.9 Å². The zero-order valence-electron chi connectivity index (χ0n) is 18.9. The van der Waals surface area contributed by atoms with Gasteiger partial charge in [-0.1, -0.05) is 80.6 Å². The van der Waals surface area contributed by atoms with Gasteiger partial charge in [-0.05, 0) is 59.4 Å². The van der Waals surface area contributed by atoms with E-state index >= 15 is 0 Å². The van der Waals surface area contributed by atoms with Crippen LogP contribution in [-0.4, -0.2) is 11.0 Å². The highest BCUT2D eigenvalue weighted by Crippen LogP contribution is 2.41. The van der Waals surface area contributed by atoms with E-state index in [1.165, 1.54) is 0 Å². The molecule has 1 unspecified atom stereocenters. The van der Waals surface area contributed by atoms with Crippen molar-refractivity contribution in [2.24, 2.45) is 0 Å². The number of aromatic hydroxyl groups is 1. The van der Waals surface area contributed by atoms with Gasteiger partial charge < -0.3 is 10.4 Å². The molecule has 0 aliphatic rings. The minimum atomic E-state index is -0.150. The van der Waals surface area contributed by atoms with Crippen molar-refractivity contribution in [2.75, 3.05) is 0 Å². The molecule has 4 aromatic carbocycles. The summed E-state index contributed by atoms with van der Waals surface area (Å²) in [6, 6.07) is 25.6. The van der Waals surface area contributed by atoms with E-state index < -0.39 is 0 Å². The molecule has 0 bridgehead atoms. The topological polar surface area (TPSA) is 49.3 Å². The minimum Gasteiger partial charge on any atom is -0.507 e. The van der Waals surface area contributed by atoms with Crippen LogP contribution in [0.5, 0.6) is 5.75 Å². The molecule has 4 aromatic rings. The first-order valence-electron chi connectivity index (χ1n) is 11.3. The number of hydrogen-bond donors (Lipinski definition) is 2. The first kappa shape index (κ1) is 21.6. The minimum absolute atomic E-state index is 0.135. The van der Waals surface area contributed by atoms with Crippen LogP contribution in [0.3, 0.4) is 0 Å². The van der Waals surface area contributed by atoms with Crippen LogP contribution in [0.4, 0.5) is 0 Å². The molecule has 162 valence electrons. The third kappa shape index (κ3) is 4.11. The number of nitrogens with one attached hydrogen (secondary N) is 1. The van der Waals surface area contributed by atoms with E-state index in [1.54, 1.807) is 0 Å². The van der Waals surface area contributed by atoms with Crippen LogP contribution >= 0.6 is 0 Å². The Kier molecular flexibility index (Phi) is 6.27. The van der Waals surface area contributed by atoms with Crippen molar-refractivity contribution in [2.45, 2.75) is 39.7 Å². The van der Waals surface area contributed by atoms with Crippen LogP contribution in [0, 0.1) is 0 Å². The molecule has 1 amide bonds. The molecule has 3 heteroatoms. The maximum atomic E-state index is 13.5. The van der Waals surface area contributed by atoms with Crippen molar-refractivity contribution >= 4 is 16.7 Å². The van der Waals surface area contributed by atoms with Gasteiger partial charge in [0.1, 0.15) is 5.75 Å². The van der Waals surface area contributed by atoms with Gasteiger partial charge >= 0.3 is 0 Å². The van der Waals surface area contributed by atoms with Crippen molar-refractivity contribution in [1.82, 2.24) is 5.32 Å². The Morgan fingerprint density at radius 3 is 2.31 bits per heavy atom. The molecule has 0 spiro atoms. The Bertz CT molecular complexity index is 1260. The fourth-order valence-corrected chi connectivity index (χ4v) is 4.35. The Balaban J connectivity index is 1.89. The lowest BCUT2D eigenvalue weighted by atomic mass is 9.87. The highest BCUT2D eigenvalue weighted by molar-refractivity contribution is 6.11. The van der Waals surface area contributed by atoms with Crippen molar-refractivity contribution in [3.05, 3.63) is 101 Å². The molecule has 3 nitrogen and oxygen atoms in total. The quantitative estimate of drug-likeness (QED) is 0.357. The number of phenols is 1. The molecular weight excluding hydrogens is 394 g/mol. The third-order valence-corrected chi connectivity index (χ3v) is 6.12. The lowest BCUT2D eigenvalue weighted by Crippen LogP contribution is -2.27. The van der Waals surface area contributed by atoms with Gasteiger partial charge in [-0.25, -0.2) is 0 Å². The molecule has 2 N–H and O–H groups in total. The van der Waals surface area contributed by atoms with Crippen LogP contribution in [0.25, 0.3) is 21.9 Å². The maximum absolute atomic E-state index is 13.5. The standard InChI is InChI=1S/C29H29NO2/c1-4-20-17-21(5-2)27(26(31)18-20)28-24-14-10-9-13-23(24)15-16-25(28)29(32)30-19(3)22-11-7-6-8-12-22/h6-19,31H,4-5H2,1-3H3,(H,30,32). The summed E-state index contributed by atoms with van der Waals surface area (Å²) in [6.07, 6.45) is 1.61. The van der Waals surface area contributed by atoms with Crippen molar-refractivity contribution < 1.29 is 9.90 Å². The van der Waals surface area contributed by atoms with Crippen LogP contribution in [0.2, 0.25) is 0 Å². The molecule has 0 aromatic heterocycles. The van der Waals surface area contributed by atoms with Gasteiger partial charge in [-0.15, -0.1) is 0 Å². The second-order valence-corrected chi connectivity index (χ2v) is 8.17. The summed E-state index contributed by atoms with van der Waals surface area (Å²) in [5.74, 6) is 0.0749. The summed E-state index contributed by atoms with van der Waals surface area (Å²) in [6.45, 7) is 6.15. The molecule has 0 aliphatic heterocycles. The zero-order valence-corrected chi connectivity index (χ0v) is 18.9. The number of amides is 1. The van der Waals surface area contributed by atoms with Crippen molar-refractivity contribution in [3.8, 4) is 16.9 Å². The lowest BCUT2D eigenvalue weighted by Gasteiger charge is -2.20. The van der Waals surface area contributed by atoms with Gasteiger partial charge in [-0.2, -0.15) is 0 Å². The molecule has 0 heterocycles. The number of carbonyl (C=O) groups excluding carboxylic acids is 1. The number of benzene rings is 4. The molecule has 32 heavy (non-hydrogen) atoms. The largest absolute Gasteiger partial charge is 0.507 e. The summed E-state index contributed by atoms with van der Waals surface area (Å²) in [5.41, 5.74) is 5.29. The summed E-state index contributed by atoms with van der Waals surface area (Å²) >= 11 is 0. The SMILES string of the molecule is CCc1cc(O)c(-c2c(C(=O)NC(C)c3ccccc3)ccc3ccccc23)c(CC)c1. The Morgan fingerprint density at radius 2 is 1.59 bits per heavy atom. The Morgan fingerprint density at radius 1 is 0.875 bits per heavy atom. The average molecular weight is 424 g/mol. The summed E-state index contributed by atoms with van der Waals surface area (Å²) in [7, 11) is 0. The number of carbonyl (C=O) groups is 1. The predicted molar refractivity (Wildman–Crippen MR) is 132 cm³/mol. The molecule has 0 saturated carbocycles. The fourth-order valence-electron chi connectivity index (χ4n) is 4.35. The van der Waals surface area contributed by atoms with Crippen molar-refractivity contribution in [1.29, 1.82) is 0 Å². The number of fused-ring (bicyclic) bond motifs is 1. The summed E-state index contributed by atoms with van der Waals surface area (Å²) in [5, 5.41) is 16.2. The average Bonchev–Trinajstić information content (AvgIpc) is 2.83. The first-order valence-corrected chi connectivity index (χ1v) is 11.3. The van der Waals surface area contributed by atoms with Crippen LogP contribution in [-0.2, 0) is 12.8 Å². The second-order valence-electron chi connectivity index (χ2n) is 8.17. The molecule has 0 saturated heterocycles. The first-order chi connectivity index (χ1) is 15.5.